The summed E-state index contributed by atoms with van der Waals surface area (Å²) in [5.74, 6) is -1.33. The molecule has 9 nitrogen and oxygen atoms in total. The van der Waals surface area contributed by atoms with E-state index in [9.17, 15) is 19.6 Å². The van der Waals surface area contributed by atoms with E-state index in [0.717, 1.165) is 0 Å². The van der Waals surface area contributed by atoms with Gasteiger partial charge in [0.2, 0.25) is 0 Å². The first-order chi connectivity index (χ1) is 15.0. The summed E-state index contributed by atoms with van der Waals surface area (Å²) in [4.78, 5) is 48.2. The number of aromatic nitrogens is 2. The van der Waals surface area contributed by atoms with Gasteiger partial charge in [-0.3, -0.25) is 14.4 Å². The first kappa shape index (κ1) is 21.5. The van der Waals surface area contributed by atoms with Crippen LogP contribution >= 0.6 is 0 Å². The molecule has 2 aromatic heterocycles. The zero-order valence-corrected chi connectivity index (χ0v) is 17.1. The number of aromatic amines is 1. The molecule has 0 atom stereocenters. The maximum atomic E-state index is 13.0. The fourth-order valence-corrected chi connectivity index (χ4v) is 3.44. The van der Waals surface area contributed by atoms with E-state index in [1.165, 1.54) is 36.6 Å². The predicted molar refractivity (Wildman–Crippen MR) is 113 cm³/mol. The van der Waals surface area contributed by atoms with Crippen LogP contribution in [0.3, 0.4) is 0 Å². The number of piperazine rings is 1. The predicted octanol–water partition coefficient (Wildman–Crippen LogP) is 1.60. The van der Waals surface area contributed by atoms with Crippen LogP contribution in [-0.4, -0.2) is 70.7 Å². The average molecular weight is 419 g/mol. The van der Waals surface area contributed by atoms with Crippen molar-refractivity contribution in [1.82, 2.24) is 19.8 Å². The molecule has 158 valence electrons. The van der Waals surface area contributed by atoms with Gasteiger partial charge in [0, 0.05) is 37.9 Å². The standard InChI is InChI=1S/C22H21N5O4/c1-4-6-14(5-2)21(29)26-7-9-27(10-8-26)22(30)20(28)15-12-25-19-16(11-23)24-13-17(31-3)18(15)19/h4-6,12-13,25H,1-2,7-10H2,3H3/b14-6+. The summed E-state index contributed by atoms with van der Waals surface area (Å²) in [5, 5.41) is 9.58. The summed E-state index contributed by atoms with van der Waals surface area (Å²) in [5.41, 5.74) is 0.954. The number of Topliss-reactive ketones (excluding diaryl/α,β-unsaturated/α-hetero) is 1. The normalized spacial score (nSPS) is 14.1. The Morgan fingerprint density at radius 2 is 1.84 bits per heavy atom. The lowest BCUT2D eigenvalue weighted by Gasteiger charge is -2.34. The molecule has 1 fully saturated rings. The molecule has 9 heteroatoms. The first-order valence-electron chi connectivity index (χ1n) is 9.49. The zero-order valence-electron chi connectivity index (χ0n) is 17.1. The van der Waals surface area contributed by atoms with Gasteiger partial charge in [-0.05, 0) is 0 Å². The average Bonchev–Trinajstić information content (AvgIpc) is 3.26. The highest BCUT2D eigenvalue weighted by Crippen LogP contribution is 2.30. The molecule has 2 aromatic rings. The number of allylic oxidation sites excluding steroid dienone is 2. The molecule has 1 saturated heterocycles. The number of fused-ring (bicyclic) bond motifs is 1. The van der Waals surface area contributed by atoms with Crippen LogP contribution in [-0.2, 0) is 9.59 Å². The molecule has 1 N–H and O–H groups in total. The number of hydrogen-bond acceptors (Lipinski definition) is 6. The van der Waals surface area contributed by atoms with Gasteiger partial charge in [0.05, 0.1) is 29.8 Å². The van der Waals surface area contributed by atoms with Gasteiger partial charge in [0.15, 0.2) is 5.69 Å². The van der Waals surface area contributed by atoms with Crippen LogP contribution < -0.4 is 4.74 Å². The van der Waals surface area contributed by atoms with Crippen molar-refractivity contribution in [3.8, 4) is 11.8 Å². The van der Waals surface area contributed by atoms with Gasteiger partial charge in [-0.25, -0.2) is 4.98 Å². The van der Waals surface area contributed by atoms with Crippen LogP contribution in [0.5, 0.6) is 5.75 Å². The Bertz CT molecular complexity index is 1150. The minimum Gasteiger partial charge on any atom is -0.494 e. The van der Waals surface area contributed by atoms with E-state index >= 15 is 0 Å². The van der Waals surface area contributed by atoms with Crippen molar-refractivity contribution >= 4 is 28.5 Å². The summed E-state index contributed by atoms with van der Waals surface area (Å²) in [6.07, 6.45) is 7.27. The fraction of sp³-hybridized carbons (Fsp3) is 0.227. The third-order valence-corrected chi connectivity index (χ3v) is 5.06. The SMILES string of the molecule is C=C/C=C(\C=C)C(=O)N1CCN(C(=O)C(=O)c2c[nH]c3c(C#N)ncc(OC)c23)CC1. The van der Waals surface area contributed by atoms with E-state index in [0.29, 0.717) is 29.6 Å². The Kier molecular flexibility index (Phi) is 6.31. The molecule has 0 aliphatic carbocycles. The van der Waals surface area contributed by atoms with Crippen molar-refractivity contribution in [3.05, 3.63) is 60.6 Å². The number of hydrogen-bond donors (Lipinski definition) is 1. The summed E-state index contributed by atoms with van der Waals surface area (Å²) in [7, 11) is 1.42. The van der Waals surface area contributed by atoms with E-state index in [1.54, 1.807) is 11.0 Å². The highest BCUT2D eigenvalue weighted by atomic mass is 16.5. The van der Waals surface area contributed by atoms with Crippen molar-refractivity contribution in [2.75, 3.05) is 33.3 Å². The maximum Gasteiger partial charge on any atom is 0.295 e. The maximum absolute atomic E-state index is 13.0. The Balaban J connectivity index is 1.78. The molecule has 2 amide bonds. The largest absolute Gasteiger partial charge is 0.494 e. The summed E-state index contributed by atoms with van der Waals surface area (Å²) >= 11 is 0. The minimum absolute atomic E-state index is 0.0972. The lowest BCUT2D eigenvalue weighted by molar-refractivity contribution is -0.134. The second-order valence-corrected chi connectivity index (χ2v) is 6.71. The first-order valence-corrected chi connectivity index (χ1v) is 9.49. The van der Waals surface area contributed by atoms with E-state index in [2.05, 4.69) is 23.1 Å². The Labute approximate surface area is 178 Å². The number of nitriles is 1. The lowest BCUT2D eigenvalue weighted by atomic mass is 10.1. The molecule has 3 heterocycles. The number of nitrogens with zero attached hydrogens (tertiary/aromatic N) is 4. The number of H-pyrrole nitrogens is 1. The minimum atomic E-state index is -0.724. The molecule has 31 heavy (non-hydrogen) atoms. The van der Waals surface area contributed by atoms with Gasteiger partial charge in [0.1, 0.15) is 11.8 Å². The number of rotatable bonds is 6. The summed E-state index contributed by atoms with van der Waals surface area (Å²) < 4.78 is 5.26. The number of ether oxygens (including phenoxy) is 1. The van der Waals surface area contributed by atoms with E-state index in [-0.39, 0.29) is 36.0 Å². The summed E-state index contributed by atoms with van der Waals surface area (Å²) in [6.45, 7) is 8.24. The van der Waals surface area contributed by atoms with Crippen LogP contribution in [0.4, 0.5) is 0 Å². The van der Waals surface area contributed by atoms with Crippen molar-refractivity contribution in [2.45, 2.75) is 0 Å². The van der Waals surface area contributed by atoms with Gasteiger partial charge >= 0.3 is 0 Å². The van der Waals surface area contributed by atoms with Crippen molar-refractivity contribution in [3.63, 3.8) is 0 Å². The van der Waals surface area contributed by atoms with Gasteiger partial charge in [-0.15, -0.1) is 0 Å². The third-order valence-electron chi connectivity index (χ3n) is 5.06. The van der Waals surface area contributed by atoms with E-state index in [4.69, 9.17) is 4.74 Å². The van der Waals surface area contributed by atoms with E-state index in [1.807, 2.05) is 6.07 Å². The number of nitrogens with one attached hydrogen (secondary N) is 1. The monoisotopic (exact) mass is 419 g/mol. The molecule has 0 saturated carbocycles. The van der Waals surface area contributed by atoms with Crippen LogP contribution in [0.15, 0.2) is 49.4 Å². The summed E-state index contributed by atoms with van der Waals surface area (Å²) in [6, 6.07) is 1.94. The molecule has 3 rings (SSSR count). The molecule has 0 bridgehead atoms. The number of carbonyl (C=O) groups excluding carboxylic acids is 3. The van der Waals surface area contributed by atoms with Crippen LogP contribution in [0.2, 0.25) is 0 Å². The highest BCUT2D eigenvalue weighted by Gasteiger charge is 2.31. The third kappa shape index (κ3) is 3.96. The molecule has 0 unspecified atom stereocenters. The van der Waals surface area contributed by atoms with Gasteiger partial charge < -0.3 is 19.5 Å². The smallest absolute Gasteiger partial charge is 0.295 e. The molecule has 0 spiro atoms. The molecule has 1 aliphatic rings. The van der Waals surface area contributed by atoms with E-state index < -0.39 is 11.7 Å². The zero-order chi connectivity index (χ0) is 22.5. The molecule has 0 radical (unpaired) electrons. The number of methoxy groups -OCH3 is 1. The van der Waals surface area contributed by atoms with Crippen LogP contribution in [0.25, 0.3) is 10.9 Å². The Hall–Kier alpha value is -4.19. The van der Waals surface area contributed by atoms with Crippen molar-refractivity contribution in [1.29, 1.82) is 5.26 Å². The van der Waals surface area contributed by atoms with Gasteiger partial charge in [0.25, 0.3) is 17.6 Å². The highest BCUT2D eigenvalue weighted by molar-refractivity contribution is 6.45. The molecule has 0 aromatic carbocycles. The Morgan fingerprint density at radius 1 is 1.19 bits per heavy atom. The molecular weight excluding hydrogens is 398 g/mol. The van der Waals surface area contributed by atoms with Crippen molar-refractivity contribution in [2.24, 2.45) is 0 Å². The van der Waals surface area contributed by atoms with Crippen LogP contribution in [0.1, 0.15) is 16.1 Å². The second kappa shape index (κ2) is 9.09. The molecular formula is C22H21N5O4. The second-order valence-electron chi connectivity index (χ2n) is 6.71. The van der Waals surface area contributed by atoms with Crippen molar-refractivity contribution < 1.29 is 19.1 Å². The topological polar surface area (TPSA) is 119 Å². The van der Waals surface area contributed by atoms with Gasteiger partial charge in [-0.2, -0.15) is 5.26 Å². The fourth-order valence-electron chi connectivity index (χ4n) is 3.44. The lowest BCUT2D eigenvalue weighted by Crippen LogP contribution is -2.52. The number of amides is 2. The number of pyridine rings is 1. The Morgan fingerprint density at radius 3 is 2.39 bits per heavy atom. The molecule has 1 aliphatic heterocycles. The number of carbonyl (C=O) groups is 3. The van der Waals surface area contributed by atoms with Crippen LogP contribution in [0, 0.1) is 11.3 Å². The quantitative estimate of drug-likeness (QED) is 0.329. The number of ketones is 1. The van der Waals surface area contributed by atoms with Gasteiger partial charge in [-0.1, -0.05) is 31.4 Å².